The molecule has 0 atom stereocenters. The average molecular weight is 525 g/mol. The van der Waals surface area contributed by atoms with Crippen LogP contribution in [0.4, 0.5) is 0 Å². The van der Waals surface area contributed by atoms with E-state index in [1.54, 1.807) is 0 Å². The summed E-state index contributed by atoms with van der Waals surface area (Å²) in [7, 11) is 0. The molecule has 0 aliphatic rings. The molecule has 6 rings (SSSR count). The lowest BCUT2D eigenvalue weighted by Gasteiger charge is -2.12. The molecule has 204 valence electrons. The standard InChI is InChI=1S/C40H44/c1-3-5-7-9-11-13-29-15-17-31-27-39-33(25-35(31)23-29)19-21-38-37(39)22-20-34-26-36-24-30(14-12-10-8-6-4-2)16-18-32(36)28-40(34)38/h15-28H,3-14H2,1-2H3. The van der Waals surface area contributed by atoms with E-state index in [0.29, 0.717) is 0 Å². The smallest absolute Gasteiger partial charge is 0.00987 e. The van der Waals surface area contributed by atoms with Gasteiger partial charge in [-0.2, -0.15) is 0 Å². The molecule has 0 radical (unpaired) electrons. The van der Waals surface area contributed by atoms with E-state index in [9.17, 15) is 0 Å². The van der Waals surface area contributed by atoms with Gasteiger partial charge in [-0.1, -0.05) is 126 Å². The first-order valence-corrected chi connectivity index (χ1v) is 16.0. The van der Waals surface area contributed by atoms with Gasteiger partial charge in [0.15, 0.2) is 0 Å². The van der Waals surface area contributed by atoms with E-state index in [0.717, 1.165) is 0 Å². The third-order valence-corrected chi connectivity index (χ3v) is 9.01. The Morgan fingerprint density at radius 2 is 0.750 bits per heavy atom. The van der Waals surface area contributed by atoms with Crippen LogP contribution in [0.5, 0.6) is 0 Å². The minimum atomic E-state index is 1.19. The highest BCUT2D eigenvalue weighted by molar-refractivity contribution is 6.20. The summed E-state index contributed by atoms with van der Waals surface area (Å²) in [6, 6.07) is 33.2. The second-order valence-electron chi connectivity index (χ2n) is 12.1. The number of hydrogen-bond donors (Lipinski definition) is 0. The molecule has 0 nitrogen and oxygen atoms in total. The van der Waals surface area contributed by atoms with E-state index in [2.05, 4.69) is 98.8 Å². The Bertz CT molecular complexity index is 1640. The summed E-state index contributed by atoms with van der Waals surface area (Å²) in [5, 5.41) is 13.5. The summed E-state index contributed by atoms with van der Waals surface area (Å²) in [5.41, 5.74) is 2.95. The van der Waals surface area contributed by atoms with Crippen molar-refractivity contribution in [1.82, 2.24) is 0 Å². The largest absolute Gasteiger partial charge is 0.0654 e. The normalized spacial score (nSPS) is 11.9. The van der Waals surface area contributed by atoms with E-state index < -0.39 is 0 Å². The quantitative estimate of drug-likeness (QED) is 0.0848. The van der Waals surface area contributed by atoms with Gasteiger partial charge in [0.2, 0.25) is 0 Å². The average Bonchev–Trinajstić information content (AvgIpc) is 2.98. The molecule has 0 aliphatic heterocycles. The lowest BCUT2D eigenvalue weighted by Crippen LogP contribution is -1.88. The zero-order valence-corrected chi connectivity index (χ0v) is 24.6. The van der Waals surface area contributed by atoms with Crippen molar-refractivity contribution in [3.8, 4) is 0 Å². The molecule has 0 fully saturated rings. The summed E-state index contributed by atoms with van der Waals surface area (Å²) >= 11 is 0. The van der Waals surface area contributed by atoms with Crippen molar-refractivity contribution < 1.29 is 0 Å². The van der Waals surface area contributed by atoms with E-state index >= 15 is 0 Å². The molecular formula is C40H44. The molecule has 0 saturated heterocycles. The predicted octanol–water partition coefficient (Wildman–Crippen LogP) is 12.5. The first kappa shape index (κ1) is 26.8. The maximum Gasteiger partial charge on any atom is -0.00987 e. The third-order valence-electron chi connectivity index (χ3n) is 9.01. The Balaban J connectivity index is 1.30. The van der Waals surface area contributed by atoms with Gasteiger partial charge < -0.3 is 0 Å². The fourth-order valence-corrected chi connectivity index (χ4v) is 6.64. The van der Waals surface area contributed by atoms with Gasteiger partial charge in [-0.05, 0) is 115 Å². The summed E-state index contributed by atoms with van der Waals surface area (Å²) in [5.74, 6) is 0. The zero-order valence-electron chi connectivity index (χ0n) is 24.6. The Morgan fingerprint density at radius 3 is 1.20 bits per heavy atom. The van der Waals surface area contributed by atoms with Crippen LogP contribution in [0.25, 0.3) is 53.9 Å². The van der Waals surface area contributed by atoms with E-state index in [1.165, 1.54) is 142 Å². The van der Waals surface area contributed by atoms with Gasteiger partial charge in [0.05, 0.1) is 0 Å². The number of unbranched alkanes of at least 4 members (excludes halogenated alkanes) is 8. The fourth-order valence-electron chi connectivity index (χ4n) is 6.64. The number of hydrogen-bond acceptors (Lipinski definition) is 0. The highest BCUT2D eigenvalue weighted by atomic mass is 14.1. The van der Waals surface area contributed by atoms with E-state index in [4.69, 9.17) is 0 Å². The van der Waals surface area contributed by atoms with Gasteiger partial charge >= 0.3 is 0 Å². The number of aryl methyl sites for hydroxylation is 2. The van der Waals surface area contributed by atoms with Crippen LogP contribution >= 0.6 is 0 Å². The molecular weight excluding hydrogens is 480 g/mol. The van der Waals surface area contributed by atoms with Gasteiger partial charge in [-0.15, -0.1) is 0 Å². The summed E-state index contributed by atoms with van der Waals surface area (Å²) in [6.45, 7) is 4.57. The Kier molecular flexibility index (Phi) is 8.33. The maximum absolute atomic E-state index is 2.42. The maximum atomic E-state index is 2.42. The monoisotopic (exact) mass is 524 g/mol. The minimum Gasteiger partial charge on any atom is -0.0654 e. The molecule has 0 aliphatic carbocycles. The molecule has 0 unspecified atom stereocenters. The highest BCUT2D eigenvalue weighted by Crippen LogP contribution is 2.35. The Morgan fingerprint density at radius 1 is 0.325 bits per heavy atom. The zero-order chi connectivity index (χ0) is 27.3. The first-order chi connectivity index (χ1) is 19.7. The van der Waals surface area contributed by atoms with Crippen LogP contribution in [0.1, 0.15) is 89.2 Å². The lowest BCUT2D eigenvalue weighted by atomic mass is 9.92. The van der Waals surface area contributed by atoms with Crippen molar-refractivity contribution in [3.05, 3.63) is 96.1 Å². The second-order valence-corrected chi connectivity index (χ2v) is 12.1. The van der Waals surface area contributed by atoms with Gasteiger partial charge in [-0.3, -0.25) is 0 Å². The molecule has 0 bridgehead atoms. The minimum absolute atomic E-state index is 1.19. The highest BCUT2D eigenvalue weighted by Gasteiger charge is 2.09. The van der Waals surface area contributed by atoms with Gasteiger partial charge in [-0.25, -0.2) is 0 Å². The molecule has 0 N–H and O–H groups in total. The fraction of sp³-hybridized carbons (Fsp3) is 0.350. The number of fused-ring (bicyclic) bond motifs is 7. The van der Waals surface area contributed by atoms with Crippen LogP contribution in [-0.4, -0.2) is 0 Å². The van der Waals surface area contributed by atoms with Crippen LogP contribution in [0.3, 0.4) is 0 Å². The number of benzene rings is 6. The van der Waals surface area contributed by atoms with E-state index in [1.807, 2.05) is 0 Å². The Hall–Kier alpha value is -3.38. The molecule has 0 spiro atoms. The number of rotatable bonds is 12. The van der Waals surface area contributed by atoms with Crippen molar-refractivity contribution in [3.63, 3.8) is 0 Å². The molecule has 0 saturated carbocycles. The third kappa shape index (κ3) is 5.73. The van der Waals surface area contributed by atoms with Crippen molar-refractivity contribution in [2.75, 3.05) is 0 Å². The van der Waals surface area contributed by atoms with Crippen LogP contribution < -0.4 is 0 Å². The Labute approximate surface area is 240 Å². The first-order valence-electron chi connectivity index (χ1n) is 16.0. The molecule has 0 heteroatoms. The van der Waals surface area contributed by atoms with Crippen molar-refractivity contribution in [1.29, 1.82) is 0 Å². The SMILES string of the molecule is CCCCCCCc1ccc2cc3c(ccc4c5cc6ccc(CCCCCCC)cc6cc5ccc34)cc2c1. The van der Waals surface area contributed by atoms with Crippen LogP contribution in [0.2, 0.25) is 0 Å². The van der Waals surface area contributed by atoms with Gasteiger partial charge in [0.25, 0.3) is 0 Å². The predicted molar refractivity (Wildman–Crippen MR) is 179 cm³/mol. The molecule has 0 aromatic heterocycles. The second kappa shape index (κ2) is 12.4. The lowest BCUT2D eigenvalue weighted by molar-refractivity contribution is 0.632. The molecule has 40 heavy (non-hydrogen) atoms. The van der Waals surface area contributed by atoms with Crippen molar-refractivity contribution in [2.24, 2.45) is 0 Å². The molecule has 0 amide bonds. The van der Waals surface area contributed by atoms with Gasteiger partial charge in [0.1, 0.15) is 0 Å². The molecule has 6 aromatic rings. The topological polar surface area (TPSA) is 0 Å². The van der Waals surface area contributed by atoms with Crippen LogP contribution in [-0.2, 0) is 12.8 Å². The van der Waals surface area contributed by atoms with Crippen LogP contribution in [0.15, 0.2) is 84.9 Å². The van der Waals surface area contributed by atoms with Gasteiger partial charge in [0, 0.05) is 0 Å². The summed E-state index contributed by atoms with van der Waals surface area (Å²) in [6.07, 6.45) is 15.8. The van der Waals surface area contributed by atoms with Crippen LogP contribution in [0, 0.1) is 0 Å². The molecule has 6 aromatic carbocycles. The van der Waals surface area contributed by atoms with E-state index in [-0.39, 0.29) is 0 Å². The van der Waals surface area contributed by atoms with Crippen molar-refractivity contribution >= 4 is 53.9 Å². The molecule has 0 heterocycles. The summed E-state index contributed by atoms with van der Waals surface area (Å²) in [4.78, 5) is 0. The summed E-state index contributed by atoms with van der Waals surface area (Å²) < 4.78 is 0. The van der Waals surface area contributed by atoms with Crippen molar-refractivity contribution in [2.45, 2.75) is 90.9 Å².